The summed E-state index contributed by atoms with van der Waals surface area (Å²) in [7, 11) is 0. The zero-order chi connectivity index (χ0) is 19.7. The molecule has 0 bridgehead atoms. The number of aromatic nitrogens is 3. The highest BCUT2D eigenvalue weighted by atomic mass is 35.5. The molecule has 1 aliphatic rings. The third-order valence-corrected chi connectivity index (χ3v) is 5.37. The number of hydrogen-bond donors (Lipinski definition) is 1. The molecule has 1 amide bonds. The second-order valence-corrected chi connectivity index (χ2v) is 8.00. The van der Waals surface area contributed by atoms with Crippen LogP contribution in [0.15, 0.2) is 42.7 Å². The fourth-order valence-electron chi connectivity index (χ4n) is 3.70. The van der Waals surface area contributed by atoms with E-state index in [1.165, 1.54) is 0 Å². The number of nitrogens with zero attached hydrogens (tertiary/aromatic N) is 4. The van der Waals surface area contributed by atoms with Crippen molar-refractivity contribution in [2.75, 3.05) is 19.6 Å². The number of carbonyl (C=O) groups excluding carboxylic acids is 1. The van der Waals surface area contributed by atoms with Crippen LogP contribution < -0.4 is 5.32 Å². The molecule has 1 aliphatic heterocycles. The predicted molar refractivity (Wildman–Crippen MR) is 125 cm³/mol. The van der Waals surface area contributed by atoms with Gasteiger partial charge in [-0.05, 0) is 23.6 Å². The second kappa shape index (κ2) is 10.4. The summed E-state index contributed by atoms with van der Waals surface area (Å²) in [4.78, 5) is 19.7. The second-order valence-electron chi connectivity index (χ2n) is 7.60. The Morgan fingerprint density at radius 1 is 1.27 bits per heavy atom. The lowest BCUT2D eigenvalue weighted by Gasteiger charge is -2.37. The van der Waals surface area contributed by atoms with Crippen LogP contribution in [0.25, 0.3) is 11.0 Å². The van der Waals surface area contributed by atoms with Crippen molar-refractivity contribution in [2.45, 2.75) is 26.4 Å². The lowest BCUT2D eigenvalue weighted by Crippen LogP contribution is -2.48. The van der Waals surface area contributed by atoms with Gasteiger partial charge in [-0.15, -0.1) is 24.8 Å². The largest absolute Gasteiger partial charge is 0.329 e. The number of piperazine rings is 1. The maximum Gasteiger partial charge on any atom is 0.256 e. The highest BCUT2D eigenvalue weighted by Crippen LogP contribution is 2.30. The maximum absolute atomic E-state index is 13.3. The van der Waals surface area contributed by atoms with Crippen molar-refractivity contribution in [1.82, 2.24) is 25.0 Å². The van der Waals surface area contributed by atoms with Gasteiger partial charge in [0, 0.05) is 42.8 Å². The topological polar surface area (TPSA) is 63.1 Å². The van der Waals surface area contributed by atoms with Crippen molar-refractivity contribution < 1.29 is 4.79 Å². The smallest absolute Gasteiger partial charge is 0.256 e. The van der Waals surface area contributed by atoms with Gasteiger partial charge in [-0.3, -0.25) is 4.79 Å². The van der Waals surface area contributed by atoms with Crippen LogP contribution in [0.1, 0.15) is 35.8 Å². The molecular formula is C21H26Cl3N5O. The quantitative estimate of drug-likeness (QED) is 0.615. The summed E-state index contributed by atoms with van der Waals surface area (Å²) in [5.74, 6) is 0.445. The minimum atomic E-state index is -0.102. The van der Waals surface area contributed by atoms with Gasteiger partial charge in [0.15, 0.2) is 5.65 Å². The van der Waals surface area contributed by atoms with E-state index in [-0.39, 0.29) is 36.8 Å². The number of hydrogen-bond acceptors (Lipinski definition) is 4. The van der Waals surface area contributed by atoms with Crippen LogP contribution in [-0.2, 0) is 6.54 Å². The Hall–Kier alpha value is -1.86. The molecular weight excluding hydrogens is 445 g/mol. The van der Waals surface area contributed by atoms with Crippen LogP contribution in [0, 0.1) is 5.92 Å². The van der Waals surface area contributed by atoms with Crippen LogP contribution >= 0.6 is 36.4 Å². The molecule has 1 unspecified atom stereocenters. The summed E-state index contributed by atoms with van der Waals surface area (Å²) in [6, 6.07) is 9.49. The van der Waals surface area contributed by atoms with E-state index in [4.69, 9.17) is 11.6 Å². The van der Waals surface area contributed by atoms with Gasteiger partial charge in [0.05, 0.1) is 17.8 Å². The van der Waals surface area contributed by atoms with Crippen molar-refractivity contribution in [3.63, 3.8) is 0 Å². The van der Waals surface area contributed by atoms with Crippen LogP contribution in [0.5, 0.6) is 0 Å². The van der Waals surface area contributed by atoms with Crippen molar-refractivity contribution in [2.24, 2.45) is 5.92 Å². The van der Waals surface area contributed by atoms with Crippen LogP contribution in [0.2, 0.25) is 5.02 Å². The summed E-state index contributed by atoms with van der Waals surface area (Å²) in [6.45, 7) is 7.15. The first-order valence-electron chi connectivity index (χ1n) is 9.62. The molecule has 1 atom stereocenters. The Kier molecular flexibility index (Phi) is 8.50. The number of nitrogens with one attached hydrogen (secondary N) is 1. The number of halogens is 3. The van der Waals surface area contributed by atoms with E-state index in [0.29, 0.717) is 29.6 Å². The highest BCUT2D eigenvalue weighted by Gasteiger charge is 2.30. The van der Waals surface area contributed by atoms with Gasteiger partial charge in [0.25, 0.3) is 5.91 Å². The van der Waals surface area contributed by atoms with E-state index in [2.05, 4.69) is 29.2 Å². The molecule has 3 aromatic rings. The Morgan fingerprint density at radius 3 is 2.77 bits per heavy atom. The standard InChI is InChI=1S/C21H24ClN5O.2ClH/c1-14(2)13-27-20-15(11-25-27)9-16(10-24-20)21(28)26-8-7-23-12-19(26)17-5-3-4-6-18(17)22;;/h3-6,9-11,14,19,23H,7-8,12-13H2,1-2H3;2*1H. The number of rotatable bonds is 4. The highest BCUT2D eigenvalue weighted by molar-refractivity contribution is 6.31. The molecule has 1 aromatic carbocycles. The van der Waals surface area contributed by atoms with Crippen LogP contribution in [0.4, 0.5) is 0 Å². The van der Waals surface area contributed by atoms with Gasteiger partial charge in [0.2, 0.25) is 0 Å². The zero-order valence-electron chi connectivity index (χ0n) is 16.9. The molecule has 1 saturated heterocycles. The molecule has 0 radical (unpaired) electrons. The minimum Gasteiger partial charge on any atom is -0.329 e. The fraction of sp³-hybridized carbons (Fsp3) is 0.381. The number of amides is 1. The molecule has 1 fully saturated rings. The van der Waals surface area contributed by atoms with Gasteiger partial charge < -0.3 is 10.2 Å². The van der Waals surface area contributed by atoms with Crippen LogP contribution in [-0.4, -0.2) is 45.2 Å². The number of pyridine rings is 1. The molecule has 2 aromatic heterocycles. The lowest BCUT2D eigenvalue weighted by molar-refractivity contribution is 0.0634. The lowest BCUT2D eigenvalue weighted by atomic mass is 10.0. The van der Waals surface area contributed by atoms with Crippen molar-refractivity contribution in [1.29, 1.82) is 0 Å². The van der Waals surface area contributed by atoms with Crippen molar-refractivity contribution in [3.8, 4) is 0 Å². The maximum atomic E-state index is 13.3. The van der Waals surface area contributed by atoms with Gasteiger partial charge >= 0.3 is 0 Å². The number of fused-ring (bicyclic) bond motifs is 1. The van der Waals surface area contributed by atoms with Gasteiger partial charge in [-0.2, -0.15) is 5.10 Å². The average Bonchev–Trinajstić information content (AvgIpc) is 3.09. The normalized spacial score (nSPS) is 16.3. The SMILES string of the molecule is CC(C)Cn1ncc2cc(C(=O)N3CCNCC3c3ccccc3Cl)cnc21.Cl.Cl. The van der Waals surface area contributed by atoms with Crippen molar-refractivity contribution in [3.05, 3.63) is 58.9 Å². The van der Waals surface area contributed by atoms with E-state index in [1.54, 1.807) is 12.4 Å². The first-order valence-corrected chi connectivity index (χ1v) is 10.00. The van der Waals surface area contributed by atoms with E-state index >= 15 is 0 Å². The third-order valence-electron chi connectivity index (χ3n) is 5.03. The summed E-state index contributed by atoms with van der Waals surface area (Å²) < 4.78 is 1.89. The predicted octanol–water partition coefficient (Wildman–Crippen LogP) is 4.37. The van der Waals surface area contributed by atoms with Gasteiger partial charge in [-0.1, -0.05) is 43.6 Å². The molecule has 0 aliphatic carbocycles. The van der Waals surface area contributed by atoms with Crippen LogP contribution in [0.3, 0.4) is 0 Å². The molecule has 9 heteroatoms. The first-order chi connectivity index (χ1) is 13.5. The summed E-state index contributed by atoms with van der Waals surface area (Å²) in [5, 5.41) is 9.35. The number of benzene rings is 1. The molecule has 1 N–H and O–H groups in total. The summed E-state index contributed by atoms with van der Waals surface area (Å²) >= 11 is 6.41. The molecule has 3 heterocycles. The summed E-state index contributed by atoms with van der Waals surface area (Å²) in [6.07, 6.45) is 3.44. The van der Waals surface area contributed by atoms with Crippen molar-refractivity contribution >= 4 is 53.4 Å². The Bertz CT molecular complexity index is 1010. The number of carbonyl (C=O) groups is 1. The van der Waals surface area contributed by atoms with Gasteiger partial charge in [-0.25, -0.2) is 9.67 Å². The molecule has 0 spiro atoms. The molecule has 162 valence electrons. The van der Waals surface area contributed by atoms with E-state index in [1.807, 2.05) is 39.9 Å². The first kappa shape index (κ1) is 24.4. The fourth-order valence-corrected chi connectivity index (χ4v) is 3.97. The molecule has 0 saturated carbocycles. The van der Waals surface area contributed by atoms with E-state index < -0.39 is 0 Å². The van der Waals surface area contributed by atoms with Gasteiger partial charge in [0.1, 0.15) is 0 Å². The molecule has 4 rings (SSSR count). The van der Waals surface area contributed by atoms with E-state index in [0.717, 1.165) is 29.7 Å². The molecule has 6 nitrogen and oxygen atoms in total. The Balaban J connectivity index is 0.00000160. The van der Waals surface area contributed by atoms with E-state index in [9.17, 15) is 4.79 Å². The molecule has 30 heavy (non-hydrogen) atoms. The minimum absolute atomic E-state index is 0. The zero-order valence-corrected chi connectivity index (χ0v) is 19.3. The Labute approximate surface area is 193 Å². The monoisotopic (exact) mass is 469 g/mol. The Morgan fingerprint density at radius 2 is 2.03 bits per heavy atom. The summed E-state index contributed by atoms with van der Waals surface area (Å²) in [5.41, 5.74) is 2.35. The third kappa shape index (κ3) is 4.89. The average molecular weight is 471 g/mol.